The highest BCUT2D eigenvalue weighted by Gasteiger charge is 2.11. The second kappa shape index (κ2) is 3.46. The maximum Gasteiger partial charge on any atom is 0.0903 e. The van der Waals surface area contributed by atoms with Crippen LogP contribution in [-0.2, 0) is 0 Å². The van der Waals surface area contributed by atoms with Crippen molar-refractivity contribution < 1.29 is 0 Å². The Balaban J connectivity index is 2.62. The molecule has 0 spiro atoms. The van der Waals surface area contributed by atoms with Crippen molar-refractivity contribution in [3.05, 3.63) is 41.6 Å². The summed E-state index contributed by atoms with van der Waals surface area (Å²) in [5.74, 6) is 0. The quantitative estimate of drug-likeness (QED) is 0.701. The summed E-state index contributed by atoms with van der Waals surface area (Å²) >= 11 is 5.99. The Morgan fingerprint density at radius 1 is 1.14 bits per heavy atom. The van der Waals surface area contributed by atoms with Crippen molar-refractivity contribution in [3.8, 4) is 11.3 Å². The molecule has 0 radical (unpaired) electrons. The topological polar surface area (TPSA) is 17.8 Å². The van der Waals surface area contributed by atoms with Gasteiger partial charge in [-0.25, -0.2) is 0 Å². The molecule has 0 fully saturated rings. The van der Waals surface area contributed by atoms with Gasteiger partial charge in [-0.1, -0.05) is 30.3 Å². The molecule has 0 bridgehead atoms. The van der Waals surface area contributed by atoms with E-state index in [1.165, 1.54) is 4.20 Å². The highest BCUT2D eigenvalue weighted by molar-refractivity contribution is 6.16. The molecule has 2 rings (SSSR count). The molecule has 1 heterocycles. The van der Waals surface area contributed by atoms with E-state index in [9.17, 15) is 0 Å². The second-order valence-electron chi connectivity index (χ2n) is 3.29. The van der Waals surface area contributed by atoms with E-state index < -0.39 is 0 Å². The molecule has 0 unspecified atom stereocenters. The molecule has 1 aromatic heterocycles. The lowest BCUT2D eigenvalue weighted by Gasteiger charge is -2.00. The monoisotopic (exact) mass is 206 g/mol. The van der Waals surface area contributed by atoms with Crippen molar-refractivity contribution >= 4 is 11.8 Å². The van der Waals surface area contributed by atoms with Gasteiger partial charge < -0.3 is 0 Å². The fourth-order valence-corrected chi connectivity index (χ4v) is 1.82. The molecule has 0 aliphatic rings. The summed E-state index contributed by atoms with van der Waals surface area (Å²) < 4.78 is 1.42. The minimum absolute atomic E-state index is 0.971. The van der Waals surface area contributed by atoms with Crippen LogP contribution in [0.15, 0.2) is 30.3 Å². The lowest BCUT2D eigenvalue weighted by atomic mass is 10.1. The zero-order valence-corrected chi connectivity index (χ0v) is 8.92. The fourth-order valence-electron chi connectivity index (χ4n) is 1.49. The molecule has 0 saturated heterocycles. The van der Waals surface area contributed by atoms with Crippen LogP contribution in [0, 0.1) is 13.8 Å². The van der Waals surface area contributed by atoms with Crippen molar-refractivity contribution in [1.82, 2.24) is 9.30 Å². The van der Waals surface area contributed by atoms with Crippen LogP contribution in [0.4, 0.5) is 0 Å². The summed E-state index contributed by atoms with van der Waals surface area (Å²) in [7, 11) is 0. The maximum absolute atomic E-state index is 5.99. The van der Waals surface area contributed by atoms with Gasteiger partial charge in [-0.15, -0.1) is 0 Å². The van der Waals surface area contributed by atoms with E-state index in [0.29, 0.717) is 0 Å². The zero-order valence-electron chi connectivity index (χ0n) is 8.16. The molecule has 2 nitrogen and oxygen atoms in total. The Bertz CT molecular complexity index is 446. The molecule has 1 aromatic carbocycles. The molecule has 0 aliphatic heterocycles. The number of nitrogens with zero attached hydrogens (tertiary/aromatic N) is 2. The van der Waals surface area contributed by atoms with Crippen molar-refractivity contribution in [2.75, 3.05) is 0 Å². The maximum atomic E-state index is 5.99. The smallest absolute Gasteiger partial charge is 0.0903 e. The number of hydrogen-bond donors (Lipinski definition) is 0. The highest BCUT2D eigenvalue weighted by Crippen LogP contribution is 2.25. The minimum atomic E-state index is 0.971. The molecule has 3 heteroatoms. The standard InChI is InChI=1S/C11H11ClN2/c1-8-9(2)13-14(12)11(8)10-6-4-3-5-7-10/h3-7H,1-2H3. The third kappa shape index (κ3) is 1.42. The van der Waals surface area contributed by atoms with Crippen molar-refractivity contribution in [2.45, 2.75) is 13.8 Å². The first kappa shape index (κ1) is 9.28. The molecule has 14 heavy (non-hydrogen) atoms. The van der Waals surface area contributed by atoms with Crippen LogP contribution < -0.4 is 0 Å². The van der Waals surface area contributed by atoms with E-state index >= 15 is 0 Å². The van der Waals surface area contributed by atoms with Gasteiger partial charge >= 0.3 is 0 Å². The minimum Gasteiger partial charge on any atom is -0.172 e. The van der Waals surface area contributed by atoms with Crippen molar-refractivity contribution in [2.24, 2.45) is 0 Å². The second-order valence-corrected chi connectivity index (χ2v) is 3.61. The van der Waals surface area contributed by atoms with Gasteiger partial charge in [0.15, 0.2) is 0 Å². The van der Waals surface area contributed by atoms with Gasteiger partial charge in [0.1, 0.15) is 0 Å². The van der Waals surface area contributed by atoms with Gasteiger partial charge in [0, 0.05) is 17.3 Å². The zero-order chi connectivity index (χ0) is 10.1. The Hall–Kier alpha value is -1.28. The Morgan fingerprint density at radius 3 is 2.29 bits per heavy atom. The van der Waals surface area contributed by atoms with E-state index in [1.807, 2.05) is 44.2 Å². The SMILES string of the molecule is Cc1nn(Cl)c(-c2ccccc2)c1C. The summed E-state index contributed by atoms with van der Waals surface area (Å²) in [6.45, 7) is 3.99. The summed E-state index contributed by atoms with van der Waals surface area (Å²) in [5, 5.41) is 4.17. The normalized spacial score (nSPS) is 10.5. The van der Waals surface area contributed by atoms with Gasteiger partial charge in [-0.2, -0.15) is 9.30 Å². The molecule has 2 aromatic rings. The summed E-state index contributed by atoms with van der Waals surface area (Å²) in [6, 6.07) is 10.0. The summed E-state index contributed by atoms with van der Waals surface area (Å²) in [4.78, 5) is 0. The number of aryl methyl sites for hydroxylation is 1. The van der Waals surface area contributed by atoms with Crippen LogP contribution in [0.5, 0.6) is 0 Å². The largest absolute Gasteiger partial charge is 0.172 e. The Labute approximate surface area is 88.2 Å². The van der Waals surface area contributed by atoms with Crippen LogP contribution in [0.25, 0.3) is 11.3 Å². The van der Waals surface area contributed by atoms with Gasteiger partial charge in [0.05, 0.1) is 11.4 Å². The fraction of sp³-hybridized carbons (Fsp3) is 0.182. The Morgan fingerprint density at radius 2 is 1.79 bits per heavy atom. The number of hydrogen-bond acceptors (Lipinski definition) is 1. The molecule has 0 saturated carbocycles. The van der Waals surface area contributed by atoms with Gasteiger partial charge in [0.2, 0.25) is 0 Å². The number of benzene rings is 1. The predicted octanol–water partition coefficient (Wildman–Crippen LogP) is 3.17. The molecule has 0 atom stereocenters. The first-order valence-corrected chi connectivity index (χ1v) is 4.81. The van der Waals surface area contributed by atoms with Crippen LogP contribution in [0.3, 0.4) is 0 Å². The molecule has 0 amide bonds. The van der Waals surface area contributed by atoms with Gasteiger partial charge in [-0.3, -0.25) is 0 Å². The first-order chi connectivity index (χ1) is 6.70. The number of aromatic nitrogens is 2. The van der Waals surface area contributed by atoms with E-state index in [2.05, 4.69) is 5.10 Å². The average molecular weight is 207 g/mol. The van der Waals surface area contributed by atoms with Crippen LogP contribution in [0.2, 0.25) is 0 Å². The van der Waals surface area contributed by atoms with Gasteiger partial charge in [0.25, 0.3) is 0 Å². The van der Waals surface area contributed by atoms with Crippen LogP contribution in [0.1, 0.15) is 11.3 Å². The highest BCUT2D eigenvalue weighted by atomic mass is 35.5. The number of rotatable bonds is 1. The average Bonchev–Trinajstić information content (AvgIpc) is 2.43. The molecule has 72 valence electrons. The predicted molar refractivity (Wildman–Crippen MR) is 58.4 cm³/mol. The first-order valence-electron chi connectivity index (χ1n) is 4.48. The van der Waals surface area contributed by atoms with E-state index in [0.717, 1.165) is 22.5 Å². The lowest BCUT2D eigenvalue weighted by molar-refractivity contribution is 0.968. The molecule has 0 aliphatic carbocycles. The van der Waals surface area contributed by atoms with Crippen molar-refractivity contribution in [3.63, 3.8) is 0 Å². The van der Waals surface area contributed by atoms with Crippen LogP contribution >= 0.6 is 11.8 Å². The third-order valence-electron chi connectivity index (χ3n) is 2.37. The molecule has 0 N–H and O–H groups in total. The van der Waals surface area contributed by atoms with E-state index in [-0.39, 0.29) is 0 Å². The van der Waals surface area contributed by atoms with E-state index in [4.69, 9.17) is 11.8 Å². The summed E-state index contributed by atoms with van der Waals surface area (Å²) in [5.41, 5.74) is 4.18. The molecular weight excluding hydrogens is 196 g/mol. The van der Waals surface area contributed by atoms with Crippen molar-refractivity contribution in [1.29, 1.82) is 0 Å². The van der Waals surface area contributed by atoms with Crippen LogP contribution in [-0.4, -0.2) is 9.30 Å². The number of halogens is 1. The van der Waals surface area contributed by atoms with Gasteiger partial charge in [-0.05, 0) is 19.4 Å². The Kier molecular flexibility index (Phi) is 2.30. The summed E-state index contributed by atoms with van der Waals surface area (Å²) in [6.07, 6.45) is 0. The molecular formula is C11H11ClN2. The lowest BCUT2D eigenvalue weighted by Crippen LogP contribution is -1.87. The van der Waals surface area contributed by atoms with E-state index in [1.54, 1.807) is 0 Å². The third-order valence-corrected chi connectivity index (χ3v) is 2.61.